The first kappa shape index (κ1) is 40.7. The predicted molar refractivity (Wildman–Crippen MR) is 207 cm³/mol. The van der Waals surface area contributed by atoms with Gasteiger partial charge in [0.25, 0.3) is 0 Å². The van der Waals surface area contributed by atoms with Gasteiger partial charge in [-0.2, -0.15) is 0 Å². The number of nitrogens with one attached hydrogen (secondary N) is 2. The fourth-order valence-electron chi connectivity index (χ4n) is 4.90. The summed E-state index contributed by atoms with van der Waals surface area (Å²) < 4.78 is 19.8. The van der Waals surface area contributed by atoms with Crippen LogP contribution in [0.15, 0.2) is 48.8 Å². The van der Waals surface area contributed by atoms with E-state index in [0.29, 0.717) is 47.1 Å². The summed E-state index contributed by atoms with van der Waals surface area (Å²) >= 11 is 0.112. The molecule has 51 heavy (non-hydrogen) atoms. The van der Waals surface area contributed by atoms with Crippen molar-refractivity contribution in [3.63, 3.8) is 0 Å². The molecule has 0 bridgehead atoms. The van der Waals surface area contributed by atoms with E-state index in [1.807, 2.05) is 67.5 Å². The van der Waals surface area contributed by atoms with E-state index in [4.69, 9.17) is 15.5 Å². The average molecular weight is 719 g/mol. The summed E-state index contributed by atoms with van der Waals surface area (Å²) in [7, 11) is 1.54. The molecular weight excluding hydrogens is 668 g/mol. The van der Waals surface area contributed by atoms with Crippen molar-refractivity contribution < 1.29 is 13.4 Å². The van der Waals surface area contributed by atoms with Crippen molar-refractivity contribution in [3.8, 4) is 22.5 Å². The highest BCUT2D eigenvalue weighted by Gasteiger charge is 2.16. The summed E-state index contributed by atoms with van der Waals surface area (Å²) in [5.41, 5.74) is 10.8. The van der Waals surface area contributed by atoms with Gasteiger partial charge in [0.2, 0.25) is 0 Å². The predicted octanol–water partition coefficient (Wildman–Crippen LogP) is 8.79. The molecule has 0 spiro atoms. The number of nitrogens with two attached hydrogens (primary N) is 1. The van der Waals surface area contributed by atoms with Crippen LogP contribution in [0.1, 0.15) is 86.3 Å². The molecule has 6 rings (SSSR count). The molecule has 0 aliphatic rings. The third-order valence-electron chi connectivity index (χ3n) is 7.10. The number of aryl methyl sites for hydroxylation is 2. The molecule has 2 aromatic carbocycles. The molecule has 4 aromatic heterocycles. The van der Waals surface area contributed by atoms with Crippen LogP contribution in [0.4, 0.5) is 8.68 Å². The lowest BCUT2D eigenvalue weighted by Gasteiger charge is -2.18. The van der Waals surface area contributed by atoms with Crippen LogP contribution in [0.5, 0.6) is 0 Å². The average Bonchev–Trinajstić information content (AvgIpc) is 3.72. The molecule has 1 amide bonds. The second kappa shape index (κ2) is 19.6. The zero-order chi connectivity index (χ0) is 37.6. The van der Waals surface area contributed by atoms with Crippen molar-refractivity contribution in [1.82, 2.24) is 44.2 Å². The van der Waals surface area contributed by atoms with Crippen LogP contribution < -0.4 is 11.1 Å². The van der Waals surface area contributed by atoms with Crippen LogP contribution >= 0.6 is 12.3 Å². The lowest BCUT2D eigenvalue weighted by molar-refractivity contribution is 0.0541. The van der Waals surface area contributed by atoms with Crippen molar-refractivity contribution in [2.24, 2.45) is 5.73 Å². The minimum Gasteiger partial charge on any atom is -0.444 e. The van der Waals surface area contributed by atoms with Crippen LogP contribution in [0.3, 0.4) is 0 Å². The second-order valence-corrected chi connectivity index (χ2v) is 12.4. The highest BCUT2D eigenvalue weighted by Crippen LogP contribution is 2.29. The highest BCUT2D eigenvalue weighted by molar-refractivity contribution is 7.92. The Morgan fingerprint density at radius 3 is 2.08 bits per heavy atom. The number of amides is 1. The number of ether oxygens (including phenoxy) is 1. The molecule has 0 fully saturated rings. The number of benzene rings is 2. The molecule has 0 saturated carbocycles. The monoisotopic (exact) mass is 718 g/mol. The second-order valence-electron chi connectivity index (χ2n) is 11.9. The molecular formula is C37H51FN10O2S. The van der Waals surface area contributed by atoms with Gasteiger partial charge in [-0.3, -0.25) is 0 Å². The first-order valence-electron chi connectivity index (χ1n) is 17.5. The van der Waals surface area contributed by atoms with E-state index in [-0.39, 0.29) is 24.0 Å². The van der Waals surface area contributed by atoms with Gasteiger partial charge in [-0.25, -0.2) is 38.7 Å². The van der Waals surface area contributed by atoms with E-state index >= 15 is 0 Å². The molecule has 6 aromatic rings. The Labute approximate surface area is 304 Å². The third kappa shape index (κ3) is 10.9. The number of carbonyl (C=O) groups excluding carboxylic acids is 1. The Hall–Kier alpha value is -4.69. The number of rotatable bonds is 9. The Bertz CT molecular complexity index is 2010. The van der Waals surface area contributed by atoms with E-state index in [2.05, 4.69) is 59.5 Å². The fraction of sp³-hybridized carbons (Fsp3) is 0.432. The first-order valence-corrected chi connectivity index (χ1v) is 18.2. The zero-order valence-electron chi connectivity index (χ0n) is 31.2. The first-order chi connectivity index (χ1) is 24.6. The van der Waals surface area contributed by atoms with Gasteiger partial charge in [0, 0.05) is 31.0 Å². The molecule has 0 radical (unpaired) electrons. The SMILES string of the molecule is CC.CC.CCCc1nc2nc(-c3ccc4cc(-c5cnc6nc(CCCCN)[nH]c6n5)ccc4c3)cnc2n1SF.CNC(=O)OC(C)(C)C. The molecule has 0 atom stereocenters. The van der Waals surface area contributed by atoms with E-state index in [1.54, 1.807) is 12.4 Å². The molecule has 4 N–H and O–H groups in total. The van der Waals surface area contributed by atoms with Gasteiger partial charge >= 0.3 is 6.09 Å². The number of fused-ring (bicyclic) bond motifs is 3. The number of alkyl carbamates (subject to hydrolysis) is 1. The standard InChI is InChI=1S/C27H26FN9S.C6H13NO2.2C2H6/c1-2-5-23-36-26-27(37(23)38-28)31-15-21(33-26)19-10-8-16-12-18(9-7-17(16)13-19)20-14-30-24-25(32-20)35-22(34-24)6-3-4-11-29;1-6(2,3)9-5(8)7-4;2*1-2/h7-10,12-15H,2-6,11,29H2,1H3,(H,30,32,34,35);1-4H3,(H,7,8);2*1-2H3. The van der Waals surface area contributed by atoms with Gasteiger partial charge in [-0.1, -0.05) is 58.9 Å². The number of aromatic nitrogens is 8. The van der Waals surface area contributed by atoms with Crippen LogP contribution in [0.25, 0.3) is 55.9 Å². The molecule has 12 nitrogen and oxygen atoms in total. The summed E-state index contributed by atoms with van der Waals surface area (Å²) in [5, 5.41) is 4.49. The van der Waals surface area contributed by atoms with Crippen LogP contribution in [0.2, 0.25) is 0 Å². The van der Waals surface area contributed by atoms with Gasteiger partial charge in [0.05, 0.1) is 23.8 Å². The molecule has 274 valence electrons. The number of H-pyrrole nitrogens is 1. The number of hydrogen-bond acceptors (Lipinski definition) is 10. The van der Waals surface area contributed by atoms with Crippen molar-refractivity contribution in [1.29, 1.82) is 0 Å². The largest absolute Gasteiger partial charge is 0.444 e. The Balaban J connectivity index is 0.000000469. The number of aromatic amines is 1. The molecule has 0 unspecified atom stereocenters. The van der Waals surface area contributed by atoms with Crippen molar-refractivity contribution >= 4 is 51.8 Å². The smallest absolute Gasteiger partial charge is 0.407 e. The summed E-state index contributed by atoms with van der Waals surface area (Å²) in [4.78, 5) is 41.2. The number of hydrogen-bond donors (Lipinski definition) is 3. The van der Waals surface area contributed by atoms with Gasteiger partial charge in [0.1, 0.15) is 17.2 Å². The van der Waals surface area contributed by atoms with E-state index < -0.39 is 0 Å². The number of unbranched alkanes of at least 4 members (excludes halogenated alkanes) is 1. The minimum atomic E-state index is -0.389. The maximum Gasteiger partial charge on any atom is 0.407 e. The zero-order valence-corrected chi connectivity index (χ0v) is 32.0. The third-order valence-corrected chi connectivity index (χ3v) is 7.62. The van der Waals surface area contributed by atoms with Gasteiger partial charge in [-0.15, -0.1) is 3.89 Å². The molecule has 0 aliphatic carbocycles. The quantitative estimate of drug-likeness (QED) is 0.123. The van der Waals surface area contributed by atoms with Gasteiger partial charge in [0.15, 0.2) is 34.9 Å². The van der Waals surface area contributed by atoms with Crippen LogP contribution in [-0.4, -0.2) is 64.1 Å². The number of imidazole rings is 2. The van der Waals surface area contributed by atoms with Crippen LogP contribution in [-0.2, 0) is 17.6 Å². The van der Waals surface area contributed by atoms with Gasteiger partial charge < -0.3 is 20.8 Å². The molecule has 0 saturated heterocycles. The topological polar surface area (TPSA) is 162 Å². The van der Waals surface area contributed by atoms with E-state index in [9.17, 15) is 8.68 Å². The molecule has 0 aliphatic heterocycles. The highest BCUT2D eigenvalue weighted by atomic mass is 32.2. The van der Waals surface area contributed by atoms with Crippen molar-refractivity contribution in [2.75, 3.05) is 13.6 Å². The van der Waals surface area contributed by atoms with E-state index in [1.165, 1.54) is 11.0 Å². The number of carbonyl (C=O) groups is 1. The summed E-state index contributed by atoms with van der Waals surface area (Å²) in [6, 6.07) is 12.3. The number of nitrogens with zero attached hydrogens (tertiary/aromatic N) is 7. The molecule has 14 heteroatoms. The van der Waals surface area contributed by atoms with Crippen molar-refractivity contribution in [2.45, 2.75) is 93.1 Å². The lowest BCUT2D eigenvalue weighted by Crippen LogP contribution is -2.30. The van der Waals surface area contributed by atoms with Gasteiger partial charge in [-0.05, 0) is 69.5 Å². The Morgan fingerprint density at radius 2 is 1.53 bits per heavy atom. The maximum absolute atomic E-state index is 13.5. The van der Waals surface area contributed by atoms with E-state index in [0.717, 1.165) is 59.1 Å². The maximum atomic E-state index is 13.5. The summed E-state index contributed by atoms with van der Waals surface area (Å²) in [5.74, 6) is 1.52. The normalized spacial score (nSPS) is 10.9. The number of halogens is 1. The minimum absolute atomic E-state index is 0.112. The lowest BCUT2D eigenvalue weighted by atomic mass is 10.0. The Kier molecular flexibility index (Phi) is 15.7. The summed E-state index contributed by atoms with van der Waals surface area (Å²) in [6.07, 6.45) is 7.34. The van der Waals surface area contributed by atoms with Crippen molar-refractivity contribution in [3.05, 3.63) is 60.4 Å². The van der Waals surface area contributed by atoms with Crippen LogP contribution in [0, 0.1) is 0 Å². The summed E-state index contributed by atoms with van der Waals surface area (Å²) in [6.45, 7) is 16.2. The fourth-order valence-corrected chi connectivity index (χ4v) is 5.31. The molecule has 4 heterocycles. The Morgan fingerprint density at radius 1 is 0.902 bits per heavy atom.